The lowest BCUT2D eigenvalue weighted by molar-refractivity contribution is -0.395. The van der Waals surface area contributed by atoms with Gasteiger partial charge in [0.1, 0.15) is 6.61 Å². The molecule has 10 heavy (non-hydrogen) atoms. The quantitative estimate of drug-likeness (QED) is 0.418. The number of rotatable bonds is 1. The summed E-state index contributed by atoms with van der Waals surface area (Å²) < 4.78 is 13.6. The van der Waals surface area contributed by atoms with Crippen LogP contribution in [0.1, 0.15) is 0 Å². The second-order valence-corrected chi connectivity index (χ2v) is 3.02. The van der Waals surface area contributed by atoms with E-state index in [0.29, 0.717) is 0 Å². The van der Waals surface area contributed by atoms with Gasteiger partial charge in [-0.3, -0.25) is 4.52 Å². The monoisotopic (exact) mass is 168 g/mol. The molecule has 2 bridgehead atoms. The van der Waals surface area contributed by atoms with Crippen LogP contribution in [0.3, 0.4) is 0 Å². The van der Waals surface area contributed by atoms with E-state index >= 15 is 0 Å². The highest BCUT2D eigenvalue weighted by Gasteiger charge is 2.74. The Balaban J connectivity index is 2.25. The molecule has 0 spiro atoms. The topological polar surface area (TPSA) is 88.4 Å². The van der Waals surface area contributed by atoms with Gasteiger partial charge < -0.3 is 15.3 Å². The molecular weight excluding hydrogens is 163 g/mol. The third kappa shape index (κ3) is 0.573. The Hall–Kier alpha value is 0.190. The summed E-state index contributed by atoms with van der Waals surface area (Å²) in [4.78, 5) is 0. The van der Waals surface area contributed by atoms with Crippen LogP contribution in [-0.2, 0) is 13.6 Å². The summed E-state index contributed by atoms with van der Waals surface area (Å²) >= 11 is 0. The predicted octanol–water partition coefficient (Wildman–Crippen LogP) is -1.38. The third-order valence-corrected chi connectivity index (χ3v) is 2.57. The van der Waals surface area contributed by atoms with Gasteiger partial charge in [-0.25, -0.2) is 9.05 Å². The first kappa shape index (κ1) is 6.87. The molecule has 3 aliphatic rings. The van der Waals surface area contributed by atoms with Crippen molar-refractivity contribution in [2.45, 2.75) is 11.8 Å². The highest BCUT2D eigenvalue weighted by Crippen LogP contribution is 2.69. The molecule has 1 atom stereocenters. The first-order chi connectivity index (χ1) is 4.60. The number of aliphatic hydroxyl groups excluding tert-OH is 1. The molecule has 3 saturated heterocycles. The summed E-state index contributed by atoms with van der Waals surface area (Å²) in [5, 5.41) is 26.6. The van der Waals surface area contributed by atoms with Crippen LogP contribution in [0.5, 0.6) is 0 Å². The fourth-order valence-corrected chi connectivity index (χ4v) is 1.90. The minimum Gasteiger partial charge on any atom is -0.390 e. The number of hydrogen-bond donors (Lipinski definition) is 3. The molecule has 0 amide bonds. The Morgan fingerprint density at radius 3 is 2.00 bits per heavy atom. The van der Waals surface area contributed by atoms with E-state index in [1.807, 2.05) is 0 Å². The molecule has 0 aromatic carbocycles. The van der Waals surface area contributed by atoms with E-state index in [1.54, 1.807) is 0 Å². The van der Waals surface area contributed by atoms with Gasteiger partial charge in [-0.2, -0.15) is 0 Å². The summed E-state index contributed by atoms with van der Waals surface area (Å²) in [6, 6.07) is 0. The van der Waals surface area contributed by atoms with E-state index in [9.17, 15) is 0 Å². The second kappa shape index (κ2) is 1.67. The molecule has 0 saturated carbocycles. The summed E-state index contributed by atoms with van der Waals surface area (Å²) in [7, 11) is -1.62. The van der Waals surface area contributed by atoms with E-state index in [0.717, 1.165) is 0 Å². The van der Waals surface area contributed by atoms with Crippen molar-refractivity contribution in [1.82, 2.24) is 0 Å². The van der Waals surface area contributed by atoms with Crippen LogP contribution < -0.4 is 0 Å². The standard InChI is InChI=1S/C3H5O6P/c4-1-2(5)3(6)8-10(7-2)9-3/h4-6H,1H2. The van der Waals surface area contributed by atoms with Crippen LogP contribution in [0, 0.1) is 0 Å². The normalized spacial score (nSPS) is 58.5. The zero-order valence-corrected chi connectivity index (χ0v) is 5.62. The second-order valence-electron chi connectivity index (χ2n) is 2.02. The minimum atomic E-state index is -2.15. The highest BCUT2D eigenvalue weighted by molar-refractivity contribution is 7.43. The molecule has 3 N–H and O–H groups in total. The molecule has 58 valence electrons. The van der Waals surface area contributed by atoms with Crippen molar-refractivity contribution in [3.8, 4) is 0 Å². The van der Waals surface area contributed by atoms with Crippen LogP contribution in [-0.4, -0.2) is 33.7 Å². The maximum Gasteiger partial charge on any atom is 0.354 e. The Labute approximate surface area is 56.9 Å². The zero-order chi connectivity index (χ0) is 7.41. The van der Waals surface area contributed by atoms with Gasteiger partial charge in [0.25, 0.3) is 5.79 Å². The zero-order valence-electron chi connectivity index (χ0n) is 4.72. The van der Waals surface area contributed by atoms with Gasteiger partial charge in [-0.1, -0.05) is 0 Å². The largest absolute Gasteiger partial charge is 0.390 e. The van der Waals surface area contributed by atoms with Crippen LogP contribution in [0.2, 0.25) is 0 Å². The van der Waals surface area contributed by atoms with Gasteiger partial charge >= 0.3 is 14.6 Å². The van der Waals surface area contributed by atoms with Crippen LogP contribution in [0.4, 0.5) is 0 Å². The molecule has 3 rings (SSSR count). The number of hydrogen-bond acceptors (Lipinski definition) is 6. The molecule has 0 radical (unpaired) electrons. The summed E-state index contributed by atoms with van der Waals surface area (Å²) in [6.07, 6.45) is 0. The van der Waals surface area contributed by atoms with Gasteiger partial charge in [-0.15, -0.1) is 0 Å². The number of fused-ring (bicyclic) bond motifs is 1. The van der Waals surface area contributed by atoms with Crippen molar-refractivity contribution in [3.05, 3.63) is 0 Å². The fraction of sp³-hybridized carbons (Fsp3) is 1.00. The molecule has 3 fully saturated rings. The van der Waals surface area contributed by atoms with Gasteiger partial charge in [0.2, 0.25) is 0 Å². The molecule has 0 aromatic rings. The van der Waals surface area contributed by atoms with E-state index in [-0.39, 0.29) is 0 Å². The Morgan fingerprint density at radius 2 is 1.80 bits per heavy atom. The minimum absolute atomic E-state index is 0.762. The van der Waals surface area contributed by atoms with Gasteiger partial charge in [-0.05, 0) is 0 Å². The van der Waals surface area contributed by atoms with Gasteiger partial charge in [0, 0.05) is 0 Å². The predicted molar refractivity (Wildman–Crippen MR) is 27.2 cm³/mol. The molecular formula is C3H5O6P. The van der Waals surface area contributed by atoms with Crippen molar-refractivity contribution in [3.63, 3.8) is 0 Å². The Kier molecular flexibility index (Phi) is 1.15. The van der Waals surface area contributed by atoms with E-state index in [1.165, 1.54) is 0 Å². The summed E-state index contributed by atoms with van der Waals surface area (Å²) in [5.74, 6) is -4.24. The first-order valence-electron chi connectivity index (χ1n) is 2.53. The van der Waals surface area contributed by atoms with Crippen molar-refractivity contribution in [1.29, 1.82) is 0 Å². The molecule has 7 heteroatoms. The molecule has 3 heterocycles. The fourth-order valence-electron chi connectivity index (χ4n) is 0.699. The maximum absolute atomic E-state index is 9.11. The van der Waals surface area contributed by atoms with Crippen molar-refractivity contribution in [2.75, 3.05) is 6.61 Å². The SMILES string of the molecule is OCC1(O)OP2OC1(O)O2. The van der Waals surface area contributed by atoms with Crippen LogP contribution in [0.15, 0.2) is 0 Å². The average molecular weight is 168 g/mol. The van der Waals surface area contributed by atoms with Crippen LogP contribution in [0.25, 0.3) is 0 Å². The Bertz CT molecular complexity index is 166. The molecule has 6 nitrogen and oxygen atoms in total. The molecule has 0 aromatic heterocycles. The smallest absolute Gasteiger partial charge is 0.354 e. The summed E-state index contributed by atoms with van der Waals surface area (Å²) in [5.41, 5.74) is 0. The van der Waals surface area contributed by atoms with Gasteiger partial charge in [0.15, 0.2) is 0 Å². The highest BCUT2D eigenvalue weighted by atomic mass is 31.2. The van der Waals surface area contributed by atoms with Crippen molar-refractivity contribution < 1.29 is 28.9 Å². The van der Waals surface area contributed by atoms with Crippen molar-refractivity contribution >= 4 is 8.60 Å². The van der Waals surface area contributed by atoms with E-state index in [2.05, 4.69) is 13.6 Å². The van der Waals surface area contributed by atoms with Gasteiger partial charge in [0.05, 0.1) is 0 Å². The first-order valence-corrected chi connectivity index (χ1v) is 3.62. The molecule has 0 aliphatic carbocycles. The molecule has 3 aliphatic heterocycles. The van der Waals surface area contributed by atoms with Crippen LogP contribution >= 0.6 is 8.60 Å². The average Bonchev–Trinajstić information content (AvgIpc) is 2.17. The maximum atomic E-state index is 9.11. The Morgan fingerprint density at radius 1 is 1.20 bits per heavy atom. The molecule has 1 unspecified atom stereocenters. The van der Waals surface area contributed by atoms with E-state index < -0.39 is 27.0 Å². The summed E-state index contributed by atoms with van der Waals surface area (Å²) in [6.45, 7) is -0.762. The van der Waals surface area contributed by atoms with Crippen molar-refractivity contribution in [2.24, 2.45) is 0 Å². The third-order valence-electron chi connectivity index (χ3n) is 1.33. The van der Waals surface area contributed by atoms with E-state index in [4.69, 9.17) is 15.3 Å². The lowest BCUT2D eigenvalue weighted by Crippen LogP contribution is -2.55. The lowest BCUT2D eigenvalue weighted by atomic mass is 10.2. The lowest BCUT2D eigenvalue weighted by Gasteiger charge is -2.32. The number of aliphatic hydroxyl groups is 3.